The quantitative estimate of drug-likeness (QED) is 0.157. The first-order chi connectivity index (χ1) is 30.2. The number of allylic oxidation sites excluding steroid dienone is 1. The van der Waals surface area contributed by atoms with Crippen molar-refractivity contribution in [3.05, 3.63) is 235 Å². The molecule has 9 aromatic carbocycles. The van der Waals surface area contributed by atoms with Gasteiger partial charge in [0.05, 0.1) is 16.4 Å². The molecule has 0 atom stereocenters. The fraction of sp³-hybridized carbons (Fsp3) is 0.0345. The summed E-state index contributed by atoms with van der Waals surface area (Å²) in [6.07, 6.45) is 2.80. The van der Waals surface area contributed by atoms with Gasteiger partial charge in [-0.25, -0.2) is 0 Å². The van der Waals surface area contributed by atoms with Crippen molar-refractivity contribution in [2.24, 2.45) is 0 Å². The average Bonchev–Trinajstić information content (AvgIpc) is 4.05. The molecule has 286 valence electrons. The van der Waals surface area contributed by atoms with Crippen LogP contribution >= 0.6 is 0 Å². The van der Waals surface area contributed by atoms with Crippen molar-refractivity contribution in [1.82, 2.24) is 4.57 Å². The van der Waals surface area contributed by atoms with Crippen LogP contribution < -0.4 is 0 Å². The highest BCUT2D eigenvalue weighted by molar-refractivity contribution is 6.11. The van der Waals surface area contributed by atoms with Crippen LogP contribution in [0.5, 0.6) is 0 Å². The smallest absolute Gasteiger partial charge is 0.135 e. The number of hydrogen-bond donors (Lipinski definition) is 0. The summed E-state index contributed by atoms with van der Waals surface area (Å²) in [6.45, 7) is 4.06. The molecule has 1 aliphatic carbocycles. The zero-order valence-corrected chi connectivity index (χ0v) is 33.2. The highest BCUT2D eigenvalue weighted by Gasteiger charge is 2.47. The topological polar surface area (TPSA) is 31.2 Å². The van der Waals surface area contributed by atoms with E-state index < -0.39 is 5.41 Å². The number of hydrogen-bond acceptors (Lipinski definition) is 2. The summed E-state index contributed by atoms with van der Waals surface area (Å²) in [5.74, 6) is 0. The van der Waals surface area contributed by atoms with Crippen molar-refractivity contribution in [3.63, 3.8) is 0 Å². The second-order valence-corrected chi connectivity index (χ2v) is 16.4. The molecule has 0 saturated heterocycles. The van der Waals surface area contributed by atoms with Crippen LogP contribution in [0.2, 0.25) is 0 Å². The van der Waals surface area contributed by atoms with E-state index in [1.54, 1.807) is 0 Å². The molecule has 1 aliphatic rings. The predicted octanol–water partition coefficient (Wildman–Crippen LogP) is 15.3. The van der Waals surface area contributed by atoms with Gasteiger partial charge in [-0.05, 0) is 129 Å². The Hall–Kier alpha value is -7.88. The molecule has 61 heavy (non-hydrogen) atoms. The average molecular weight is 780 g/mol. The fourth-order valence-corrected chi connectivity index (χ4v) is 10.6. The Morgan fingerprint density at radius 1 is 0.426 bits per heavy atom. The van der Waals surface area contributed by atoms with Gasteiger partial charge in [0.25, 0.3) is 0 Å². The SMILES string of the molecule is C=CCc1ccc2c(c1)c1cc(-c3ccccc3)ccc1n2-c1ccc2c(c1)C(c1ccc3oc4ccccc4c3c1)(c1ccc3oc4ccccc4c3c1)c1ccccc1-2. The minimum Gasteiger partial charge on any atom is -0.456 e. The summed E-state index contributed by atoms with van der Waals surface area (Å²) in [6, 6.07) is 71.0. The summed E-state index contributed by atoms with van der Waals surface area (Å²) in [5, 5.41) is 6.90. The van der Waals surface area contributed by atoms with Crippen molar-refractivity contribution < 1.29 is 8.83 Å². The van der Waals surface area contributed by atoms with Crippen LogP contribution in [0.4, 0.5) is 0 Å². The molecule has 0 radical (unpaired) electrons. The van der Waals surface area contributed by atoms with Crippen LogP contribution in [0.1, 0.15) is 27.8 Å². The van der Waals surface area contributed by atoms with Crippen LogP contribution in [-0.2, 0) is 11.8 Å². The molecule has 3 heteroatoms. The molecule has 0 unspecified atom stereocenters. The van der Waals surface area contributed by atoms with Gasteiger partial charge >= 0.3 is 0 Å². The summed E-state index contributed by atoms with van der Waals surface area (Å²) >= 11 is 0. The molecule has 3 heterocycles. The molecular weight excluding hydrogens is 743 g/mol. The lowest BCUT2D eigenvalue weighted by Gasteiger charge is -2.34. The summed E-state index contributed by atoms with van der Waals surface area (Å²) < 4.78 is 15.3. The summed E-state index contributed by atoms with van der Waals surface area (Å²) in [4.78, 5) is 0. The van der Waals surface area contributed by atoms with Crippen LogP contribution in [-0.4, -0.2) is 4.57 Å². The van der Waals surface area contributed by atoms with Crippen molar-refractivity contribution in [1.29, 1.82) is 0 Å². The Morgan fingerprint density at radius 2 is 1.02 bits per heavy atom. The lowest BCUT2D eigenvalue weighted by molar-refractivity contribution is 0.667. The third-order valence-electron chi connectivity index (χ3n) is 13.2. The van der Waals surface area contributed by atoms with E-state index in [1.165, 1.54) is 71.9 Å². The number of aromatic nitrogens is 1. The first kappa shape index (κ1) is 34.0. The first-order valence-electron chi connectivity index (χ1n) is 21.0. The lowest BCUT2D eigenvalue weighted by Crippen LogP contribution is -2.28. The third-order valence-corrected chi connectivity index (χ3v) is 13.2. The van der Waals surface area contributed by atoms with E-state index in [9.17, 15) is 0 Å². The molecule has 0 N–H and O–H groups in total. The van der Waals surface area contributed by atoms with E-state index >= 15 is 0 Å². The normalized spacial score (nSPS) is 13.2. The number of para-hydroxylation sites is 2. The van der Waals surface area contributed by atoms with E-state index in [1.807, 2.05) is 18.2 Å². The van der Waals surface area contributed by atoms with Crippen molar-refractivity contribution in [2.45, 2.75) is 11.8 Å². The summed E-state index contributed by atoms with van der Waals surface area (Å²) in [5.41, 5.74) is 17.3. The molecule has 3 aromatic heterocycles. The zero-order chi connectivity index (χ0) is 40.2. The molecule has 0 aliphatic heterocycles. The van der Waals surface area contributed by atoms with E-state index in [4.69, 9.17) is 8.83 Å². The molecular formula is C58H37NO2. The van der Waals surface area contributed by atoms with E-state index in [-0.39, 0.29) is 0 Å². The van der Waals surface area contributed by atoms with Crippen LogP contribution in [0.25, 0.3) is 93.6 Å². The zero-order valence-electron chi connectivity index (χ0n) is 33.2. The fourth-order valence-electron chi connectivity index (χ4n) is 10.6. The maximum atomic E-state index is 6.43. The van der Waals surface area contributed by atoms with Gasteiger partial charge in [0.15, 0.2) is 0 Å². The minimum atomic E-state index is -0.683. The van der Waals surface area contributed by atoms with Crippen molar-refractivity contribution >= 4 is 65.7 Å². The van der Waals surface area contributed by atoms with E-state index in [0.717, 1.165) is 56.0 Å². The predicted molar refractivity (Wildman–Crippen MR) is 252 cm³/mol. The van der Waals surface area contributed by atoms with Crippen LogP contribution in [0, 0.1) is 0 Å². The van der Waals surface area contributed by atoms with E-state index in [2.05, 4.69) is 193 Å². The van der Waals surface area contributed by atoms with Crippen molar-refractivity contribution in [2.75, 3.05) is 0 Å². The molecule has 0 fully saturated rings. The second kappa shape index (κ2) is 12.8. The molecule has 3 nitrogen and oxygen atoms in total. The van der Waals surface area contributed by atoms with Gasteiger partial charge in [0.2, 0.25) is 0 Å². The summed E-state index contributed by atoms with van der Waals surface area (Å²) in [7, 11) is 0. The van der Waals surface area contributed by atoms with Gasteiger partial charge < -0.3 is 13.4 Å². The standard InChI is InChI=1S/C58H37NO2/c1-2-12-36-21-27-52-46(31-36)47-32-38(37-13-4-3-5-14-37)22-28-53(47)59(52)41-25-26-43-42-15-6-9-18-50(42)58(51(43)35-41,39-23-29-56-48(33-39)44-16-7-10-19-54(44)60-56)40-24-30-57-49(34-40)45-17-8-11-20-55(45)61-57/h2-11,13-35H,1,12H2. The largest absolute Gasteiger partial charge is 0.456 e. The van der Waals surface area contributed by atoms with Gasteiger partial charge in [0.1, 0.15) is 22.3 Å². The highest BCUT2D eigenvalue weighted by Crippen LogP contribution is 2.58. The second-order valence-electron chi connectivity index (χ2n) is 16.4. The Bertz CT molecular complexity index is 3650. The highest BCUT2D eigenvalue weighted by atomic mass is 16.3. The van der Waals surface area contributed by atoms with Crippen molar-refractivity contribution in [3.8, 4) is 27.9 Å². The number of nitrogens with zero attached hydrogens (tertiary/aromatic N) is 1. The Kier molecular flexibility index (Phi) is 7.15. The molecule has 0 saturated carbocycles. The maximum absolute atomic E-state index is 6.43. The first-order valence-corrected chi connectivity index (χ1v) is 21.0. The Morgan fingerprint density at radius 3 is 1.72 bits per heavy atom. The van der Waals surface area contributed by atoms with Gasteiger partial charge in [-0.15, -0.1) is 6.58 Å². The van der Waals surface area contributed by atoms with Gasteiger partial charge in [-0.2, -0.15) is 0 Å². The Balaban J connectivity index is 1.13. The number of rotatable bonds is 6. The third kappa shape index (κ3) is 4.80. The minimum absolute atomic E-state index is 0.683. The van der Waals surface area contributed by atoms with Gasteiger partial charge in [-0.3, -0.25) is 0 Å². The molecule has 12 aromatic rings. The molecule has 0 bridgehead atoms. The number of benzene rings is 9. The number of furan rings is 2. The molecule has 0 spiro atoms. The van der Waals surface area contributed by atoms with Gasteiger partial charge in [0, 0.05) is 38.0 Å². The number of fused-ring (bicyclic) bond motifs is 12. The molecule has 0 amide bonds. The monoisotopic (exact) mass is 779 g/mol. The van der Waals surface area contributed by atoms with Crippen LogP contribution in [0.15, 0.2) is 216 Å². The van der Waals surface area contributed by atoms with Crippen LogP contribution in [0.3, 0.4) is 0 Å². The van der Waals surface area contributed by atoms with Gasteiger partial charge in [-0.1, -0.05) is 127 Å². The lowest BCUT2D eigenvalue weighted by atomic mass is 9.67. The Labute approximate surface area is 352 Å². The maximum Gasteiger partial charge on any atom is 0.135 e. The molecule has 13 rings (SSSR count). The van der Waals surface area contributed by atoms with E-state index in [0.29, 0.717) is 0 Å².